The fourth-order valence-corrected chi connectivity index (χ4v) is 6.93. The van der Waals surface area contributed by atoms with Gasteiger partial charge in [0.15, 0.2) is 0 Å². The number of unbranched alkanes of at least 4 members (excludes halogenated alkanes) is 2. The van der Waals surface area contributed by atoms with Gasteiger partial charge in [0.2, 0.25) is 17.7 Å². The third-order valence-electron chi connectivity index (χ3n) is 9.01. The Kier molecular flexibility index (Phi) is 9.66. The third-order valence-corrected chi connectivity index (χ3v) is 9.01. The largest absolute Gasteiger partial charge is 0.460 e. The number of rotatable bonds is 8. The van der Waals surface area contributed by atoms with Crippen molar-refractivity contribution in [2.45, 2.75) is 82.3 Å². The molecule has 232 valence electrons. The number of aliphatic hydroxyl groups excluding tert-OH is 1. The first kappa shape index (κ1) is 30.9. The maximum atomic E-state index is 14.6. The molecular formula is C33H43N3O7. The fraction of sp³-hybridized carbons (Fsp3) is 0.576. The van der Waals surface area contributed by atoms with Crippen LogP contribution in [0, 0.1) is 11.8 Å². The first-order chi connectivity index (χ1) is 20.8. The number of hydrogen-bond donors (Lipinski definition) is 2. The highest BCUT2D eigenvalue weighted by molar-refractivity contribution is 5.99. The van der Waals surface area contributed by atoms with Gasteiger partial charge in [0.1, 0.15) is 23.7 Å². The number of cyclic esters (lactones) is 1. The predicted molar refractivity (Wildman–Crippen MR) is 158 cm³/mol. The molecule has 1 aromatic carbocycles. The number of nitrogens with one attached hydrogen (secondary N) is 1. The lowest BCUT2D eigenvalue weighted by Gasteiger charge is -2.38. The van der Waals surface area contributed by atoms with Gasteiger partial charge in [-0.15, -0.1) is 0 Å². The molecule has 4 aliphatic heterocycles. The summed E-state index contributed by atoms with van der Waals surface area (Å²) in [5.74, 6) is -3.44. The summed E-state index contributed by atoms with van der Waals surface area (Å²) in [5, 5.41) is 13.4. The Morgan fingerprint density at radius 1 is 1.09 bits per heavy atom. The van der Waals surface area contributed by atoms with Crippen LogP contribution in [0.1, 0.15) is 51.5 Å². The molecule has 7 atom stereocenters. The second-order valence-corrected chi connectivity index (χ2v) is 12.0. The van der Waals surface area contributed by atoms with Crippen molar-refractivity contribution in [2.24, 2.45) is 11.8 Å². The number of nitrogens with zero attached hydrogens (tertiary/aromatic N) is 2. The summed E-state index contributed by atoms with van der Waals surface area (Å²) in [6.45, 7) is 4.48. The Morgan fingerprint density at radius 3 is 2.63 bits per heavy atom. The number of carbonyl (C=O) groups excluding carboxylic acids is 4. The molecule has 4 aliphatic rings. The summed E-state index contributed by atoms with van der Waals surface area (Å²) < 4.78 is 12.5. The highest BCUT2D eigenvalue weighted by Gasteiger charge is 2.72. The van der Waals surface area contributed by atoms with Crippen molar-refractivity contribution in [3.63, 3.8) is 0 Å². The number of benzene rings is 1. The number of ether oxygens (including phenoxy) is 2. The normalized spacial score (nSPS) is 32.5. The van der Waals surface area contributed by atoms with Crippen molar-refractivity contribution in [3.05, 3.63) is 60.2 Å². The summed E-state index contributed by atoms with van der Waals surface area (Å²) >= 11 is 0. The van der Waals surface area contributed by atoms with Gasteiger partial charge in [-0.25, -0.2) is 0 Å². The van der Waals surface area contributed by atoms with E-state index in [0.717, 1.165) is 24.8 Å². The zero-order chi connectivity index (χ0) is 30.6. The van der Waals surface area contributed by atoms with Crippen molar-refractivity contribution in [2.75, 3.05) is 26.2 Å². The van der Waals surface area contributed by atoms with Gasteiger partial charge in [0.05, 0.1) is 31.2 Å². The van der Waals surface area contributed by atoms with E-state index in [9.17, 15) is 24.3 Å². The summed E-state index contributed by atoms with van der Waals surface area (Å²) in [5.41, 5.74) is -0.506. The molecule has 0 aromatic heterocycles. The second-order valence-electron chi connectivity index (χ2n) is 12.0. The Hall–Kier alpha value is -3.50. The van der Waals surface area contributed by atoms with Crippen LogP contribution in [-0.4, -0.2) is 94.7 Å². The Labute approximate surface area is 253 Å². The minimum atomic E-state index is -1.42. The highest BCUT2D eigenvalue weighted by Crippen LogP contribution is 2.53. The van der Waals surface area contributed by atoms with Gasteiger partial charge < -0.3 is 29.7 Å². The molecule has 3 amide bonds. The maximum Gasteiger partial charge on any atom is 0.313 e. The van der Waals surface area contributed by atoms with E-state index in [4.69, 9.17) is 9.47 Å². The molecule has 4 heterocycles. The number of likely N-dealkylation sites (tertiary alicyclic amines) is 1. The first-order valence-electron chi connectivity index (χ1n) is 15.6. The molecule has 2 fully saturated rings. The molecule has 10 heteroatoms. The van der Waals surface area contributed by atoms with Gasteiger partial charge in [-0.1, -0.05) is 74.4 Å². The number of hydrogen-bond acceptors (Lipinski definition) is 7. The van der Waals surface area contributed by atoms with E-state index >= 15 is 0 Å². The summed E-state index contributed by atoms with van der Waals surface area (Å²) in [4.78, 5) is 58.3. The van der Waals surface area contributed by atoms with Crippen LogP contribution in [0.25, 0.3) is 0 Å². The van der Waals surface area contributed by atoms with Crippen LogP contribution in [0.5, 0.6) is 0 Å². The molecule has 0 bridgehead atoms. The lowest BCUT2D eigenvalue weighted by atomic mass is 9.78. The minimum Gasteiger partial charge on any atom is -0.460 e. The van der Waals surface area contributed by atoms with Gasteiger partial charge >= 0.3 is 5.97 Å². The minimum absolute atomic E-state index is 0.146. The van der Waals surface area contributed by atoms with Crippen LogP contribution in [0.3, 0.4) is 0 Å². The SMILES string of the molecule is CCCCCN1CC=C[C@]23O[C@@H]4/C=C\CCC(=O)NC[C@@H](C)OC(=O)[C@@H]4[C@H]2C(=O)N([C@@H](CO)Cc2ccccc2)[C@@H]3C1=O. The zero-order valence-corrected chi connectivity index (χ0v) is 25.0. The van der Waals surface area contributed by atoms with Crippen molar-refractivity contribution in [1.82, 2.24) is 15.1 Å². The molecule has 0 unspecified atom stereocenters. The van der Waals surface area contributed by atoms with Gasteiger partial charge in [-0.3, -0.25) is 19.2 Å². The number of allylic oxidation sites excluding steroid dienone is 1. The Morgan fingerprint density at radius 2 is 1.88 bits per heavy atom. The zero-order valence-electron chi connectivity index (χ0n) is 25.0. The van der Waals surface area contributed by atoms with E-state index in [1.807, 2.05) is 36.4 Å². The topological polar surface area (TPSA) is 125 Å². The Bertz CT molecular complexity index is 1250. The van der Waals surface area contributed by atoms with E-state index in [2.05, 4.69) is 12.2 Å². The van der Waals surface area contributed by atoms with Crippen molar-refractivity contribution in [3.8, 4) is 0 Å². The molecule has 2 saturated heterocycles. The van der Waals surface area contributed by atoms with E-state index in [-0.39, 0.29) is 31.4 Å². The summed E-state index contributed by atoms with van der Waals surface area (Å²) in [7, 11) is 0. The number of esters is 1. The van der Waals surface area contributed by atoms with E-state index < -0.39 is 53.6 Å². The van der Waals surface area contributed by atoms with Crippen LogP contribution in [0.4, 0.5) is 0 Å². The molecule has 0 saturated carbocycles. The predicted octanol–water partition coefficient (Wildman–Crippen LogP) is 2.16. The molecule has 5 rings (SSSR count). The molecule has 1 spiro atoms. The smallest absolute Gasteiger partial charge is 0.313 e. The second kappa shape index (κ2) is 13.4. The molecule has 0 aliphatic carbocycles. The van der Waals surface area contributed by atoms with Crippen LogP contribution in [0.2, 0.25) is 0 Å². The molecule has 1 aromatic rings. The van der Waals surface area contributed by atoms with Gasteiger partial charge in [-0.2, -0.15) is 0 Å². The fourth-order valence-electron chi connectivity index (χ4n) is 6.93. The third kappa shape index (κ3) is 6.13. The molecule has 2 N–H and O–H groups in total. The van der Waals surface area contributed by atoms with Crippen LogP contribution < -0.4 is 5.32 Å². The summed E-state index contributed by atoms with van der Waals surface area (Å²) in [6, 6.07) is 7.77. The highest BCUT2D eigenvalue weighted by atomic mass is 16.6. The lowest BCUT2D eigenvalue weighted by molar-refractivity contribution is -0.159. The quantitative estimate of drug-likeness (QED) is 0.269. The molecule has 0 radical (unpaired) electrons. The van der Waals surface area contributed by atoms with E-state index in [1.54, 1.807) is 30.1 Å². The number of fused-ring (bicyclic) bond motifs is 2. The van der Waals surface area contributed by atoms with Crippen LogP contribution in [0.15, 0.2) is 54.6 Å². The average molecular weight is 594 g/mol. The average Bonchev–Trinajstić information content (AvgIpc) is 3.39. The maximum absolute atomic E-state index is 14.6. The van der Waals surface area contributed by atoms with E-state index in [0.29, 0.717) is 25.9 Å². The standard InChI is InChI=1S/C33H43N3O7/c1-3-4-10-17-35-18-11-16-33-28(27-25(43-33)14-8-9-15-26(38)34-20-22(2)42-32(27)41)30(39)36(29(33)31(35)40)24(21-37)19-23-12-6-5-7-13-23/h5-8,11-14,16,22,24-25,27-29,37H,3-4,9-10,15,17-21H2,1-2H3,(H,34,38)/b14-8-/t22-,24-,25-,27+,28+,29-,33+/m1/s1. The summed E-state index contributed by atoms with van der Waals surface area (Å²) in [6.07, 6.45) is 9.57. The molecule has 10 nitrogen and oxygen atoms in total. The Balaban J connectivity index is 1.58. The monoisotopic (exact) mass is 593 g/mol. The van der Waals surface area contributed by atoms with Gasteiger partial charge in [-0.05, 0) is 31.7 Å². The molecule has 43 heavy (non-hydrogen) atoms. The number of amides is 3. The van der Waals surface area contributed by atoms with Crippen LogP contribution >= 0.6 is 0 Å². The molecular weight excluding hydrogens is 550 g/mol. The van der Waals surface area contributed by atoms with Crippen LogP contribution in [-0.2, 0) is 35.1 Å². The van der Waals surface area contributed by atoms with Crippen molar-refractivity contribution < 1.29 is 33.8 Å². The van der Waals surface area contributed by atoms with Crippen molar-refractivity contribution >= 4 is 23.7 Å². The number of aliphatic hydroxyl groups is 1. The van der Waals surface area contributed by atoms with Crippen molar-refractivity contribution in [1.29, 1.82) is 0 Å². The van der Waals surface area contributed by atoms with Gasteiger partial charge in [0, 0.05) is 19.5 Å². The first-order valence-corrected chi connectivity index (χ1v) is 15.6. The lowest BCUT2D eigenvalue weighted by Crippen LogP contribution is -2.58. The van der Waals surface area contributed by atoms with Gasteiger partial charge in [0.25, 0.3) is 0 Å². The number of carbonyl (C=O) groups is 4. The van der Waals surface area contributed by atoms with E-state index in [1.165, 1.54) is 4.90 Å².